The molecule has 9 heteroatoms. The third-order valence-corrected chi connectivity index (χ3v) is 7.29. The predicted octanol–water partition coefficient (Wildman–Crippen LogP) is 6.88. The average molecular weight is 558 g/mol. The van der Waals surface area contributed by atoms with Crippen LogP contribution in [0.1, 0.15) is 36.2 Å². The molecule has 0 radical (unpaired) electrons. The number of hydrogen-bond donors (Lipinski definition) is 1. The van der Waals surface area contributed by atoms with E-state index in [0.717, 1.165) is 36.8 Å². The lowest BCUT2D eigenvalue weighted by atomic mass is 9.82. The van der Waals surface area contributed by atoms with Crippen LogP contribution >= 0.6 is 0 Å². The fourth-order valence-electron chi connectivity index (χ4n) is 5.24. The quantitative estimate of drug-likeness (QED) is 0.216. The Morgan fingerprint density at radius 1 is 1.24 bits per heavy atom. The van der Waals surface area contributed by atoms with Gasteiger partial charge in [-0.25, -0.2) is 9.98 Å². The first-order chi connectivity index (χ1) is 19.7. The molecule has 1 heterocycles. The summed E-state index contributed by atoms with van der Waals surface area (Å²) in [6, 6.07) is 16.0. The van der Waals surface area contributed by atoms with Crippen LogP contribution < -0.4 is 10.1 Å². The van der Waals surface area contributed by atoms with Crippen LogP contribution in [0.2, 0.25) is 0 Å². The van der Waals surface area contributed by atoms with Gasteiger partial charge in [0.25, 0.3) is 5.91 Å². The molecule has 1 amide bonds. The molecule has 0 bridgehead atoms. The van der Waals surface area contributed by atoms with Crippen molar-refractivity contribution >= 4 is 28.1 Å². The van der Waals surface area contributed by atoms with E-state index in [9.17, 15) is 13.6 Å². The minimum absolute atomic E-state index is 0.0529. The summed E-state index contributed by atoms with van der Waals surface area (Å²) < 4.78 is 31.0. The number of nitrogens with zero attached hydrogens (tertiary/aromatic N) is 4. The van der Waals surface area contributed by atoms with Gasteiger partial charge < -0.3 is 15.0 Å². The molecule has 7 nitrogen and oxygen atoms in total. The number of benzene rings is 2. The molecular formula is C32H33F2N5O2. The zero-order valence-electron chi connectivity index (χ0n) is 23.2. The van der Waals surface area contributed by atoms with Crippen molar-refractivity contribution in [1.82, 2.24) is 9.88 Å². The maximum atomic E-state index is 13.1. The number of aromatic nitrogens is 1. The minimum atomic E-state index is -3.02. The van der Waals surface area contributed by atoms with Crippen LogP contribution in [0.25, 0.3) is 22.0 Å². The second kappa shape index (κ2) is 13.3. The number of carbonyl (C=O) groups is 1. The summed E-state index contributed by atoms with van der Waals surface area (Å²) in [5.41, 5.74) is 2.87. The van der Waals surface area contributed by atoms with Gasteiger partial charge in [0.05, 0.1) is 17.5 Å². The normalized spacial score (nSPS) is 15.8. The number of alkyl halides is 2. The summed E-state index contributed by atoms with van der Waals surface area (Å²) in [5, 5.41) is 13.4. The number of halogens is 2. The smallest absolute Gasteiger partial charge is 0.387 e. The molecule has 2 aromatic carbocycles. The Morgan fingerprint density at radius 3 is 2.63 bits per heavy atom. The molecule has 1 atom stereocenters. The van der Waals surface area contributed by atoms with Gasteiger partial charge in [0.15, 0.2) is 0 Å². The molecule has 0 saturated heterocycles. The summed E-state index contributed by atoms with van der Waals surface area (Å²) in [7, 11) is 4.10. The van der Waals surface area contributed by atoms with Crippen LogP contribution in [0.3, 0.4) is 0 Å². The van der Waals surface area contributed by atoms with Crippen molar-refractivity contribution in [1.29, 1.82) is 5.26 Å². The van der Waals surface area contributed by atoms with E-state index in [2.05, 4.69) is 33.4 Å². The Balaban J connectivity index is 1.60. The fourth-order valence-corrected chi connectivity index (χ4v) is 5.24. The molecule has 1 aliphatic carbocycles. The molecule has 0 aliphatic heterocycles. The van der Waals surface area contributed by atoms with Crippen LogP contribution in [0.4, 0.5) is 14.5 Å². The number of fused-ring (bicyclic) bond motifs is 1. The van der Waals surface area contributed by atoms with Crippen LogP contribution in [0.15, 0.2) is 78.3 Å². The number of amides is 1. The van der Waals surface area contributed by atoms with E-state index in [1.807, 2.05) is 38.4 Å². The number of ether oxygens (including phenoxy) is 1. The average Bonchev–Trinajstić information content (AvgIpc) is 2.97. The highest BCUT2D eigenvalue weighted by Gasteiger charge is 2.26. The second-order valence-corrected chi connectivity index (χ2v) is 10.2. The number of nitriles is 1. The van der Waals surface area contributed by atoms with Crippen molar-refractivity contribution in [3.05, 3.63) is 79.0 Å². The number of pyridine rings is 1. The van der Waals surface area contributed by atoms with E-state index in [4.69, 9.17) is 10.00 Å². The van der Waals surface area contributed by atoms with E-state index in [1.54, 1.807) is 30.3 Å². The molecular weight excluding hydrogens is 524 g/mol. The lowest BCUT2D eigenvalue weighted by Gasteiger charge is -2.33. The van der Waals surface area contributed by atoms with Crippen molar-refractivity contribution in [3.8, 4) is 23.1 Å². The van der Waals surface area contributed by atoms with Crippen molar-refractivity contribution in [3.63, 3.8) is 0 Å². The molecule has 1 saturated carbocycles. The maximum absolute atomic E-state index is 13.1. The van der Waals surface area contributed by atoms with Crippen molar-refractivity contribution < 1.29 is 18.3 Å². The van der Waals surface area contributed by atoms with E-state index in [1.165, 1.54) is 6.07 Å². The summed E-state index contributed by atoms with van der Waals surface area (Å²) in [6.07, 6.45) is 5.39. The molecule has 1 fully saturated rings. The molecule has 3 aromatic rings. The van der Waals surface area contributed by atoms with Gasteiger partial charge in [0.2, 0.25) is 0 Å². The summed E-state index contributed by atoms with van der Waals surface area (Å²) in [6.45, 7) is 4.65. The number of aliphatic imine (C=N–C) groups is 1. The lowest BCUT2D eigenvalue weighted by molar-refractivity contribution is -0.0492. The van der Waals surface area contributed by atoms with Gasteiger partial charge >= 0.3 is 6.61 Å². The maximum Gasteiger partial charge on any atom is 0.387 e. The van der Waals surface area contributed by atoms with Gasteiger partial charge in [-0.2, -0.15) is 14.0 Å². The molecule has 41 heavy (non-hydrogen) atoms. The fraction of sp³-hybridized carbons (Fsp3) is 0.312. The van der Waals surface area contributed by atoms with Crippen molar-refractivity contribution in [2.75, 3.05) is 26.0 Å². The van der Waals surface area contributed by atoms with Crippen molar-refractivity contribution in [2.24, 2.45) is 10.9 Å². The highest BCUT2D eigenvalue weighted by molar-refractivity contribution is 6.03. The Morgan fingerprint density at radius 2 is 1.98 bits per heavy atom. The summed E-state index contributed by atoms with van der Waals surface area (Å²) in [4.78, 5) is 24.2. The molecule has 212 valence electrons. The highest BCUT2D eigenvalue weighted by atomic mass is 19.3. The molecule has 0 spiro atoms. The van der Waals surface area contributed by atoms with Gasteiger partial charge in [-0.05, 0) is 75.3 Å². The number of likely N-dealkylation sites (N-methyl/N-ethyl adjacent to an activating group) is 1. The van der Waals surface area contributed by atoms with Gasteiger partial charge in [-0.3, -0.25) is 4.79 Å². The van der Waals surface area contributed by atoms with Gasteiger partial charge in [0.1, 0.15) is 11.4 Å². The summed E-state index contributed by atoms with van der Waals surface area (Å²) in [5.74, 6) is 0.0386. The third kappa shape index (κ3) is 7.21. The zero-order valence-corrected chi connectivity index (χ0v) is 23.2. The van der Waals surface area contributed by atoms with Crippen LogP contribution in [-0.4, -0.2) is 54.8 Å². The molecule has 1 aliphatic rings. The first-order valence-corrected chi connectivity index (χ1v) is 13.4. The Hall–Kier alpha value is -4.42. The van der Waals surface area contributed by atoms with Crippen LogP contribution in [0.5, 0.6) is 5.75 Å². The summed E-state index contributed by atoms with van der Waals surface area (Å²) >= 11 is 0. The number of nitrogens with one attached hydrogen (secondary N) is 1. The minimum Gasteiger partial charge on any atom is -0.433 e. The SMILES string of the molecule is C=CC(C1CCC(=NC(=O)c2cccc(-c3ccc4ccc(OC(F)F)c(NCC(=C)C#N)c4c3)n2)CC1)N(C)C. The topological polar surface area (TPSA) is 90.6 Å². The molecule has 1 N–H and O–H groups in total. The molecule has 1 aromatic heterocycles. The second-order valence-electron chi connectivity index (χ2n) is 10.2. The third-order valence-electron chi connectivity index (χ3n) is 7.29. The molecule has 1 unspecified atom stereocenters. The largest absolute Gasteiger partial charge is 0.433 e. The van der Waals surface area contributed by atoms with E-state index < -0.39 is 6.61 Å². The van der Waals surface area contributed by atoms with E-state index >= 15 is 0 Å². The van der Waals surface area contributed by atoms with Gasteiger partial charge in [-0.1, -0.05) is 36.9 Å². The van der Waals surface area contributed by atoms with Gasteiger partial charge in [0, 0.05) is 34.8 Å². The Kier molecular flexibility index (Phi) is 9.58. The monoisotopic (exact) mass is 557 g/mol. The number of carbonyl (C=O) groups excluding carboxylic acids is 1. The predicted molar refractivity (Wildman–Crippen MR) is 158 cm³/mol. The lowest BCUT2D eigenvalue weighted by Crippen LogP contribution is -2.35. The van der Waals surface area contributed by atoms with Crippen molar-refractivity contribution in [2.45, 2.75) is 38.3 Å². The van der Waals surface area contributed by atoms with Gasteiger partial charge in [-0.15, -0.1) is 6.58 Å². The van der Waals surface area contributed by atoms with E-state index in [-0.39, 0.29) is 29.5 Å². The first-order valence-electron chi connectivity index (χ1n) is 13.4. The highest BCUT2D eigenvalue weighted by Crippen LogP contribution is 2.37. The molecule has 4 rings (SSSR count). The number of hydrogen-bond acceptors (Lipinski definition) is 6. The standard InChI is InChI=1S/C32H33F2N5O2/c1-5-28(39(3)4)22-11-14-24(15-12-22)37-31(40)27-8-6-7-26(38-27)23-10-9-21-13-16-29(41-32(33)34)30(25(21)17-23)36-19-20(2)18-35/h5-10,13,16-17,22,28,32,36H,1-2,11-12,14-15,19H2,3-4H3. The Bertz CT molecular complexity index is 1520. The van der Waals surface area contributed by atoms with Crippen LogP contribution in [0, 0.1) is 17.2 Å². The Labute approximate surface area is 238 Å². The number of rotatable bonds is 10. The zero-order chi connectivity index (χ0) is 29.5. The first kappa shape index (κ1) is 29.6. The van der Waals surface area contributed by atoms with Crippen LogP contribution in [-0.2, 0) is 0 Å². The number of anilines is 1. The van der Waals surface area contributed by atoms with E-state index in [0.29, 0.717) is 34.3 Å².